The highest BCUT2D eigenvalue weighted by Gasteiger charge is 2.31. The first-order valence-electron chi connectivity index (χ1n) is 12.1. The number of nitrogens with zero attached hydrogens (tertiary/aromatic N) is 1. The zero-order valence-corrected chi connectivity index (χ0v) is 19.5. The van der Waals surface area contributed by atoms with E-state index in [1.54, 1.807) is 4.90 Å². The van der Waals surface area contributed by atoms with Crippen LogP contribution in [0.2, 0.25) is 0 Å². The van der Waals surface area contributed by atoms with Gasteiger partial charge in [-0.05, 0) is 86.1 Å². The highest BCUT2D eigenvalue weighted by molar-refractivity contribution is 5.99. The zero-order valence-electron chi connectivity index (χ0n) is 19.5. The Kier molecular flexibility index (Phi) is 6.07. The minimum atomic E-state index is -4.43. The monoisotopic (exact) mass is 483 g/mol. The molecule has 0 radical (unpaired) electrons. The van der Waals surface area contributed by atoms with Gasteiger partial charge >= 0.3 is 6.18 Å². The fraction of sp³-hybridized carbons (Fsp3) is 0.407. The molecule has 2 N–H and O–H groups in total. The minimum Gasteiger partial charge on any atom is -0.358 e. The van der Waals surface area contributed by atoms with Crippen LogP contribution in [0, 0.1) is 5.92 Å². The molecule has 2 amide bonds. The molecule has 1 fully saturated rings. The van der Waals surface area contributed by atoms with Crippen LogP contribution in [0.4, 0.5) is 13.2 Å². The van der Waals surface area contributed by atoms with Crippen molar-refractivity contribution < 1.29 is 22.8 Å². The number of halogens is 3. The SMILES string of the molecule is CC1CCc2[nH]c3ccc(C(=O)NC4CCN(C(=O)c5ccc(C(F)(F)F)cc5)CC4)cc3c2C1. The van der Waals surface area contributed by atoms with E-state index in [2.05, 4.69) is 17.2 Å². The first-order valence-corrected chi connectivity index (χ1v) is 12.1. The van der Waals surface area contributed by atoms with Crippen molar-refractivity contribution in [3.05, 3.63) is 70.4 Å². The van der Waals surface area contributed by atoms with Crippen LogP contribution in [0.25, 0.3) is 10.9 Å². The summed E-state index contributed by atoms with van der Waals surface area (Å²) in [7, 11) is 0. The van der Waals surface area contributed by atoms with E-state index in [1.807, 2.05) is 18.2 Å². The number of aromatic nitrogens is 1. The Bertz CT molecular complexity index is 1260. The number of H-pyrrole nitrogens is 1. The van der Waals surface area contributed by atoms with Crippen LogP contribution in [0.1, 0.15) is 63.7 Å². The quantitative estimate of drug-likeness (QED) is 0.528. The number of piperidine rings is 1. The van der Waals surface area contributed by atoms with Gasteiger partial charge in [-0.25, -0.2) is 0 Å². The predicted octanol–water partition coefficient (Wildman–Crippen LogP) is 5.35. The van der Waals surface area contributed by atoms with Crippen molar-refractivity contribution in [2.24, 2.45) is 5.92 Å². The molecule has 1 atom stereocenters. The van der Waals surface area contributed by atoms with Crippen molar-refractivity contribution in [1.29, 1.82) is 0 Å². The van der Waals surface area contributed by atoms with Crippen LogP contribution in [-0.4, -0.2) is 40.8 Å². The third kappa shape index (κ3) is 4.79. The predicted molar refractivity (Wildman–Crippen MR) is 127 cm³/mol. The highest BCUT2D eigenvalue weighted by Crippen LogP contribution is 2.32. The normalized spacial score (nSPS) is 19.0. The minimum absolute atomic E-state index is 0.0602. The molecule has 2 aliphatic rings. The molecular weight excluding hydrogens is 455 g/mol. The van der Waals surface area contributed by atoms with Crippen molar-refractivity contribution >= 4 is 22.7 Å². The van der Waals surface area contributed by atoms with Crippen molar-refractivity contribution in [1.82, 2.24) is 15.2 Å². The second kappa shape index (κ2) is 9.06. The van der Waals surface area contributed by atoms with Crippen molar-refractivity contribution in [2.75, 3.05) is 13.1 Å². The van der Waals surface area contributed by atoms with E-state index in [1.165, 1.54) is 29.8 Å². The summed E-state index contributed by atoms with van der Waals surface area (Å²) in [5, 5.41) is 4.21. The lowest BCUT2D eigenvalue weighted by Crippen LogP contribution is -2.46. The highest BCUT2D eigenvalue weighted by atomic mass is 19.4. The average Bonchev–Trinajstić information content (AvgIpc) is 3.20. The van der Waals surface area contributed by atoms with E-state index >= 15 is 0 Å². The maximum atomic E-state index is 13.0. The Morgan fingerprint density at radius 1 is 1.00 bits per heavy atom. The molecule has 184 valence electrons. The van der Waals surface area contributed by atoms with Gasteiger partial charge in [0.1, 0.15) is 0 Å². The molecule has 5 nitrogen and oxygen atoms in total. The maximum absolute atomic E-state index is 13.0. The van der Waals surface area contributed by atoms with Gasteiger partial charge in [-0.1, -0.05) is 6.92 Å². The number of rotatable bonds is 3. The standard InChI is InChI=1S/C27H28F3N3O2/c1-16-2-8-23-21(14-16)22-15-18(5-9-24(22)32-23)25(34)31-20-10-12-33(13-11-20)26(35)17-3-6-19(7-4-17)27(28,29)30/h3-7,9,15-16,20,32H,2,8,10-14H2,1H3,(H,31,34). The number of carbonyl (C=O) groups excluding carboxylic acids is 2. The fourth-order valence-corrected chi connectivity index (χ4v) is 5.21. The van der Waals surface area contributed by atoms with Crippen LogP contribution in [0.15, 0.2) is 42.5 Å². The summed E-state index contributed by atoms with van der Waals surface area (Å²) in [5.74, 6) is 0.216. The van der Waals surface area contributed by atoms with Gasteiger partial charge in [-0.3, -0.25) is 9.59 Å². The Hall–Kier alpha value is -3.29. The molecule has 35 heavy (non-hydrogen) atoms. The number of carbonyl (C=O) groups is 2. The lowest BCUT2D eigenvalue weighted by atomic mass is 9.87. The van der Waals surface area contributed by atoms with Gasteiger partial charge in [0, 0.05) is 46.9 Å². The van der Waals surface area contributed by atoms with Gasteiger partial charge in [0.15, 0.2) is 0 Å². The van der Waals surface area contributed by atoms with E-state index < -0.39 is 11.7 Å². The summed E-state index contributed by atoms with van der Waals surface area (Å²) >= 11 is 0. The Morgan fingerprint density at radius 3 is 2.37 bits per heavy atom. The van der Waals surface area contributed by atoms with Gasteiger partial charge < -0.3 is 15.2 Å². The van der Waals surface area contributed by atoms with Crippen molar-refractivity contribution in [3.8, 4) is 0 Å². The van der Waals surface area contributed by atoms with Crippen LogP contribution in [-0.2, 0) is 19.0 Å². The van der Waals surface area contributed by atoms with Crippen molar-refractivity contribution in [3.63, 3.8) is 0 Å². The molecule has 3 aromatic rings. The van der Waals surface area contributed by atoms with Gasteiger partial charge in [0.25, 0.3) is 11.8 Å². The van der Waals surface area contributed by atoms with Gasteiger partial charge in [0.05, 0.1) is 5.56 Å². The number of likely N-dealkylation sites (tertiary alicyclic amines) is 1. The van der Waals surface area contributed by atoms with Crippen LogP contribution >= 0.6 is 0 Å². The number of benzene rings is 2. The van der Waals surface area contributed by atoms with E-state index in [0.717, 1.165) is 35.9 Å². The molecule has 0 spiro atoms. The topological polar surface area (TPSA) is 65.2 Å². The molecule has 0 saturated carbocycles. The third-order valence-corrected chi connectivity index (χ3v) is 7.27. The van der Waals surface area contributed by atoms with E-state index in [0.29, 0.717) is 37.4 Å². The largest absolute Gasteiger partial charge is 0.416 e. The third-order valence-electron chi connectivity index (χ3n) is 7.27. The Labute approximate surface area is 201 Å². The van der Waals surface area contributed by atoms with Crippen molar-refractivity contribution in [2.45, 2.75) is 51.2 Å². The summed E-state index contributed by atoms with van der Waals surface area (Å²) in [6.07, 6.45) is -0.00801. The summed E-state index contributed by atoms with van der Waals surface area (Å²) < 4.78 is 38.3. The summed E-state index contributed by atoms with van der Waals surface area (Å²) in [6.45, 7) is 3.13. The van der Waals surface area contributed by atoms with Crippen LogP contribution in [0.5, 0.6) is 0 Å². The molecule has 1 aliphatic carbocycles. The molecule has 8 heteroatoms. The van der Waals surface area contributed by atoms with E-state index in [-0.39, 0.29) is 23.4 Å². The van der Waals surface area contributed by atoms with Crippen LogP contribution in [0.3, 0.4) is 0 Å². The second-order valence-corrected chi connectivity index (χ2v) is 9.81. The molecule has 1 aliphatic heterocycles. The number of aromatic amines is 1. The smallest absolute Gasteiger partial charge is 0.358 e. The summed E-state index contributed by atoms with van der Waals surface area (Å²) in [4.78, 5) is 30.8. The first-order chi connectivity index (χ1) is 16.7. The van der Waals surface area contributed by atoms with Gasteiger partial charge in [-0.2, -0.15) is 13.2 Å². The van der Waals surface area contributed by atoms with E-state index in [4.69, 9.17) is 0 Å². The number of amides is 2. The summed E-state index contributed by atoms with van der Waals surface area (Å²) in [6, 6.07) is 10.0. The fourth-order valence-electron chi connectivity index (χ4n) is 5.21. The number of fused-ring (bicyclic) bond motifs is 3. The number of alkyl halides is 3. The Morgan fingerprint density at radius 2 is 1.69 bits per heavy atom. The second-order valence-electron chi connectivity index (χ2n) is 9.81. The molecule has 5 rings (SSSR count). The maximum Gasteiger partial charge on any atom is 0.416 e. The summed E-state index contributed by atoms with van der Waals surface area (Å²) in [5.41, 5.74) is 3.75. The molecule has 1 unspecified atom stereocenters. The van der Waals surface area contributed by atoms with Gasteiger partial charge in [-0.15, -0.1) is 0 Å². The number of hydrogen-bond acceptors (Lipinski definition) is 2. The lowest BCUT2D eigenvalue weighted by Gasteiger charge is -2.32. The Balaban J connectivity index is 1.20. The van der Waals surface area contributed by atoms with E-state index in [9.17, 15) is 22.8 Å². The molecule has 2 heterocycles. The average molecular weight is 484 g/mol. The molecule has 0 bridgehead atoms. The molecule has 2 aromatic carbocycles. The number of aryl methyl sites for hydroxylation is 1. The molecular formula is C27H28F3N3O2. The zero-order chi connectivity index (χ0) is 24.7. The molecule has 1 saturated heterocycles. The lowest BCUT2D eigenvalue weighted by molar-refractivity contribution is -0.137. The van der Waals surface area contributed by atoms with Crippen LogP contribution < -0.4 is 5.32 Å². The van der Waals surface area contributed by atoms with Gasteiger partial charge in [0.2, 0.25) is 0 Å². The molecule has 1 aromatic heterocycles. The first kappa shape index (κ1) is 23.5. The number of nitrogens with one attached hydrogen (secondary N) is 2. The number of hydrogen-bond donors (Lipinski definition) is 2.